The van der Waals surface area contributed by atoms with Crippen molar-refractivity contribution in [2.24, 2.45) is 5.73 Å². The first-order valence-corrected chi connectivity index (χ1v) is 14.8. The van der Waals surface area contributed by atoms with Crippen molar-refractivity contribution in [3.8, 4) is 22.7 Å². The number of anilines is 1. The van der Waals surface area contributed by atoms with E-state index in [4.69, 9.17) is 15.6 Å². The zero-order valence-corrected chi connectivity index (χ0v) is 26.2. The number of hydrogen-bond acceptors (Lipinski definition) is 4. The molecule has 0 atom stereocenters. The van der Waals surface area contributed by atoms with Gasteiger partial charge in [0.05, 0.1) is 41.0 Å². The van der Waals surface area contributed by atoms with Gasteiger partial charge in [-0.15, -0.1) is 0 Å². The number of carbonyl (C=O) groups excluding carboxylic acids is 1. The van der Waals surface area contributed by atoms with Crippen molar-refractivity contribution in [1.29, 1.82) is 0 Å². The Kier molecular flexibility index (Phi) is 8.43. The van der Waals surface area contributed by atoms with Crippen LogP contribution in [-0.2, 0) is 37.6 Å². The fraction of sp³-hybridized carbons (Fsp3) is 0.353. The number of carbonyl (C=O) groups is 1. The number of urea groups is 1. The molecule has 1 aliphatic rings. The van der Waals surface area contributed by atoms with E-state index < -0.39 is 29.1 Å². The minimum Gasteiger partial charge on any atom is -0.495 e. The van der Waals surface area contributed by atoms with E-state index in [-0.39, 0.29) is 17.0 Å². The van der Waals surface area contributed by atoms with E-state index in [1.807, 2.05) is 36.7 Å². The highest BCUT2D eigenvalue weighted by molar-refractivity contribution is 5.90. The maximum Gasteiger partial charge on any atom is 0.416 e. The normalized spacial score (nSPS) is 14.4. The number of benzene rings is 3. The SMILES string of the molecule is CCc1cccc(CC)c1-n1nc2c(c1-c1cc(OC)c(NC(N)=O)cc1F)CN(Cc1ccc(C(F)(F)F)cc1C)C2(C)C. The topological polar surface area (TPSA) is 85.4 Å². The number of ether oxygens (including phenoxy) is 1. The second-order valence-corrected chi connectivity index (χ2v) is 11.8. The summed E-state index contributed by atoms with van der Waals surface area (Å²) >= 11 is 0. The van der Waals surface area contributed by atoms with Gasteiger partial charge in [0.25, 0.3) is 0 Å². The smallest absolute Gasteiger partial charge is 0.416 e. The Morgan fingerprint density at radius 2 is 1.73 bits per heavy atom. The van der Waals surface area contributed by atoms with Crippen molar-refractivity contribution in [1.82, 2.24) is 14.7 Å². The Bertz CT molecular complexity index is 1760. The van der Waals surface area contributed by atoms with Crippen molar-refractivity contribution in [3.05, 3.63) is 93.4 Å². The molecule has 0 unspecified atom stereocenters. The fourth-order valence-corrected chi connectivity index (χ4v) is 6.20. The number of rotatable bonds is 8. The molecule has 3 N–H and O–H groups in total. The first-order chi connectivity index (χ1) is 21.2. The van der Waals surface area contributed by atoms with Crippen LogP contribution in [0.4, 0.5) is 28.0 Å². The first kappa shape index (κ1) is 32.0. The molecule has 3 aromatic carbocycles. The van der Waals surface area contributed by atoms with Crippen LogP contribution in [-0.4, -0.2) is 27.8 Å². The van der Waals surface area contributed by atoms with Crippen LogP contribution in [0.2, 0.25) is 0 Å². The first-order valence-electron chi connectivity index (χ1n) is 14.8. The lowest BCUT2D eigenvalue weighted by Gasteiger charge is -2.32. The van der Waals surface area contributed by atoms with Crippen LogP contribution >= 0.6 is 0 Å². The van der Waals surface area contributed by atoms with Gasteiger partial charge in [-0.3, -0.25) is 4.90 Å². The van der Waals surface area contributed by atoms with Crippen LogP contribution < -0.4 is 15.8 Å². The lowest BCUT2D eigenvalue weighted by Crippen LogP contribution is -2.36. The molecule has 2 heterocycles. The van der Waals surface area contributed by atoms with E-state index in [1.165, 1.54) is 31.4 Å². The van der Waals surface area contributed by atoms with Gasteiger partial charge in [0.1, 0.15) is 11.6 Å². The summed E-state index contributed by atoms with van der Waals surface area (Å²) in [7, 11) is 1.42. The quantitative estimate of drug-likeness (QED) is 0.196. The lowest BCUT2D eigenvalue weighted by molar-refractivity contribution is -0.137. The van der Waals surface area contributed by atoms with Crippen LogP contribution in [0.3, 0.4) is 0 Å². The Balaban J connectivity index is 1.70. The third-order valence-electron chi connectivity index (χ3n) is 8.71. The van der Waals surface area contributed by atoms with Crippen molar-refractivity contribution in [3.63, 3.8) is 0 Å². The molecule has 0 spiro atoms. The maximum atomic E-state index is 16.1. The van der Waals surface area contributed by atoms with Gasteiger partial charge in [-0.05, 0) is 74.1 Å². The van der Waals surface area contributed by atoms with Crippen molar-refractivity contribution >= 4 is 11.7 Å². The van der Waals surface area contributed by atoms with E-state index in [1.54, 1.807) is 6.92 Å². The van der Waals surface area contributed by atoms with Gasteiger partial charge in [0, 0.05) is 30.3 Å². The number of hydrogen-bond donors (Lipinski definition) is 2. The molecule has 5 rings (SSSR count). The molecule has 0 radical (unpaired) electrons. The number of para-hydroxylation sites is 1. The predicted octanol–water partition coefficient (Wildman–Crippen LogP) is 7.88. The Morgan fingerprint density at radius 1 is 1.07 bits per heavy atom. The average Bonchev–Trinajstić information content (AvgIpc) is 3.46. The molecule has 45 heavy (non-hydrogen) atoms. The molecule has 11 heteroatoms. The van der Waals surface area contributed by atoms with Gasteiger partial charge in [-0.25, -0.2) is 13.9 Å². The second kappa shape index (κ2) is 11.8. The van der Waals surface area contributed by atoms with Gasteiger partial charge < -0.3 is 15.8 Å². The molecular weight excluding hydrogens is 586 g/mol. The molecule has 1 aromatic heterocycles. The van der Waals surface area contributed by atoms with Crippen LogP contribution in [0.5, 0.6) is 5.75 Å². The van der Waals surface area contributed by atoms with Gasteiger partial charge >= 0.3 is 12.2 Å². The van der Waals surface area contributed by atoms with Gasteiger partial charge in [-0.2, -0.15) is 18.3 Å². The highest BCUT2D eigenvalue weighted by Crippen LogP contribution is 2.47. The zero-order valence-electron chi connectivity index (χ0n) is 26.2. The van der Waals surface area contributed by atoms with E-state index in [0.717, 1.165) is 52.5 Å². The number of amides is 2. The third-order valence-corrected chi connectivity index (χ3v) is 8.71. The van der Waals surface area contributed by atoms with Crippen molar-refractivity contribution in [2.45, 2.75) is 72.3 Å². The van der Waals surface area contributed by atoms with E-state index in [0.29, 0.717) is 24.3 Å². The molecule has 2 amide bonds. The number of aryl methyl sites for hydroxylation is 3. The van der Waals surface area contributed by atoms with E-state index in [2.05, 4.69) is 24.1 Å². The summed E-state index contributed by atoms with van der Waals surface area (Å²) in [5.41, 5.74) is 10.7. The van der Waals surface area contributed by atoms with Crippen molar-refractivity contribution in [2.75, 3.05) is 12.4 Å². The molecule has 0 bridgehead atoms. The summed E-state index contributed by atoms with van der Waals surface area (Å²) in [6.07, 6.45) is -2.98. The number of methoxy groups -OCH3 is 1. The largest absolute Gasteiger partial charge is 0.495 e. The molecule has 1 aliphatic heterocycles. The number of alkyl halides is 3. The number of nitrogens with two attached hydrogens (primary N) is 1. The standard InChI is InChI=1S/C34H37F4N5O2/c1-7-20-10-9-11-21(8-2)29(20)43-30(24-15-28(45-6)27(16-26(24)35)40-32(39)44)25-18-42(33(4,5)31(25)41-43)17-22-12-13-23(14-19(22)3)34(36,37)38/h9-16H,7-8,17-18H2,1-6H3,(H3,39,40,44). The highest BCUT2D eigenvalue weighted by atomic mass is 19.4. The number of nitrogens with zero attached hydrogens (tertiary/aromatic N) is 3. The van der Waals surface area contributed by atoms with Crippen LogP contribution in [0.15, 0.2) is 48.5 Å². The Hall–Kier alpha value is -4.38. The van der Waals surface area contributed by atoms with Gasteiger partial charge in [0.15, 0.2) is 0 Å². The van der Waals surface area contributed by atoms with E-state index >= 15 is 4.39 Å². The minimum absolute atomic E-state index is 0.0944. The van der Waals surface area contributed by atoms with Gasteiger partial charge in [0.2, 0.25) is 0 Å². The van der Waals surface area contributed by atoms with E-state index in [9.17, 15) is 18.0 Å². The zero-order chi connectivity index (χ0) is 32.8. The summed E-state index contributed by atoms with van der Waals surface area (Å²) in [4.78, 5) is 13.7. The molecule has 0 saturated carbocycles. The summed E-state index contributed by atoms with van der Waals surface area (Å²) in [5.74, 6) is -0.383. The molecule has 7 nitrogen and oxygen atoms in total. The average molecular weight is 624 g/mol. The third kappa shape index (κ3) is 5.77. The number of primary amides is 1. The molecule has 0 saturated heterocycles. The Labute approximate surface area is 260 Å². The van der Waals surface area contributed by atoms with Crippen molar-refractivity contribution < 1.29 is 27.1 Å². The summed E-state index contributed by atoms with van der Waals surface area (Å²) in [5, 5.41) is 7.58. The van der Waals surface area contributed by atoms with Gasteiger partial charge in [-0.1, -0.05) is 38.1 Å². The number of aromatic nitrogens is 2. The van der Waals surface area contributed by atoms with Crippen LogP contribution in [0.25, 0.3) is 16.9 Å². The predicted molar refractivity (Wildman–Crippen MR) is 166 cm³/mol. The lowest BCUT2D eigenvalue weighted by atomic mass is 9.97. The summed E-state index contributed by atoms with van der Waals surface area (Å²) < 4.78 is 63.5. The number of halogens is 4. The fourth-order valence-electron chi connectivity index (χ4n) is 6.20. The minimum atomic E-state index is -4.43. The second-order valence-electron chi connectivity index (χ2n) is 11.8. The maximum absolute atomic E-state index is 16.1. The molecule has 0 aliphatic carbocycles. The molecule has 238 valence electrons. The van der Waals surface area contributed by atoms with Crippen LogP contribution in [0.1, 0.15) is 66.8 Å². The number of fused-ring (bicyclic) bond motifs is 1. The van der Waals surface area contributed by atoms with Crippen LogP contribution in [0, 0.1) is 12.7 Å². The summed E-state index contributed by atoms with van der Waals surface area (Å²) in [6.45, 7) is 10.6. The molecule has 4 aromatic rings. The molecular formula is C34H37F4N5O2. The number of nitrogens with one attached hydrogen (secondary N) is 1. The summed E-state index contributed by atoms with van der Waals surface area (Å²) in [6, 6.07) is 11.7. The molecule has 0 fully saturated rings. The Morgan fingerprint density at radius 3 is 2.29 bits per heavy atom. The monoisotopic (exact) mass is 623 g/mol. The highest BCUT2D eigenvalue weighted by Gasteiger charge is 2.44.